The summed E-state index contributed by atoms with van der Waals surface area (Å²) in [6.45, 7) is 0.989. The van der Waals surface area contributed by atoms with Gasteiger partial charge in [0.15, 0.2) is 12.0 Å². The number of guanidine groups is 1. The smallest absolute Gasteiger partial charge is 0.331 e. The maximum Gasteiger partial charge on any atom is 0.331 e. The van der Waals surface area contributed by atoms with E-state index >= 15 is 0 Å². The molecule has 0 unspecified atom stereocenters. The standard InChI is InChI=1S/C15H19N5O6S2.CH3Cl/c21-12(19-15-16-6-1-7-17-15)5-3-9-2-4-11(27-9)13(22)18-8-10(14(23)24)20-28(25)26;1-2/h2,4,10H,1,3,5-8H2,(H,18,22)(H,23,24)(H2,16,17,19,21);1H3/t10-;/m0./s1. The molecule has 1 aliphatic heterocycles. The normalized spacial score (nSPS) is 13.5. The van der Waals surface area contributed by atoms with Gasteiger partial charge in [0.2, 0.25) is 5.91 Å². The number of rotatable bonds is 8. The number of hydrogen-bond acceptors (Lipinski definition) is 9. The molecule has 11 nitrogen and oxygen atoms in total. The van der Waals surface area contributed by atoms with Crippen LogP contribution in [-0.4, -0.2) is 69.3 Å². The van der Waals surface area contributed by atoms with Crippen molar-refractivity contribution in [2.45, 2.75) is 25.3 Å². The van der Waals surface area contributed by atoms with Gasteiger partial charge in [-0.25, -0.2) is 4.79 Å². The summed E-state index contributed by atoms with van der Waals surface area (Å²) >= 11 is 5.80. The minimum absolute atomic E-state index is 0.191. The first-order valence-corrected chi connectivity index (χ1v) is 11.3. The predicted octanol–water partition coefficient (Wildman–Crippen LogP) is 0.247. The lowest BCUT2D eigenvalue weighted by Crippen LogP contribution is -2.43. The van der Waals surface area contributed by atoms with Gasteiger partial charge < -0.3 is 15.7 Å². The molecular weight excluding hydrogens is 458 g/mol. The SMILES string of the molecule is CCl.O=C(CCc1ccc(C(=O)NC[C@H](N=S(=O)=O)C(=O)O)s1)NC1=NCCCN1. The van der Waals surface area contributed by atoms with E-state index in [1.165, 1.54) is 17.7 Å². The number of thiophene rings is 1. The molecule has 1 aromatic heterocycles. The van der Waals surface area contributed by atoms with E-state index in [0.29, 0.717) is 23.8 Å². The van der Waals surface area contributed by atoms with E-state index in [-0.39, 0.29) is 12.3 Å². The van der Waals surface area contributed by atoms with Crippen molar-refractivity contribution in [1.29, 1.82) is 0 Å². The highest BCUT2D eigenvalue weighted by Gasteiger charge is 2.19. The lowest BCUT2D eigenvalue weighted by Gasteiger charge is -2.14. The minimum atomic E-state index is -2.89. The molecule has 2 amide bonds. The fraction of sp³-hybridized carbons (Fsp3) is 0.500. The van der Waals surface area contributed by atoms with Gasteiger partial charge in [0, 0.05) is 30.8 Å². The van der Waals surface area contributed by atoms with Crippen LogP contribution in [0.4, 0.5) is 0 Å². The van der Waals surface area contributed by atoms with E-state index in [4.69, 9.17) is 5.11 Å². The van der Waals surface area contributed by atoms with Crippen molar-refractivity contribution in [3.05, 3.63) is 21.9 Å². The van der Waals surface area contributed by atoms with E-state index in [9.17, 15) is 22.8 Å². The van der Waals surface area contributed by atoms with Gasteiger partial charge in [-0.15, -0.1) is 22.9 Å². The number of carboxylic acids is 1. The molecule has 30 heavy (non-hydrogen) atoms. The van der Waals surface area contributed by atoms with Crippen LogP contribution >= 0.6 is 22.9 Å². The van der Waals surface area contributed by atoms with Gasteiger partial charge in [0.1, 0.15) is 0 Å². The maximum atomic E-state index is 12.1. The van der Waals surface area contributed by atoms with Crippen LogP contribution in [0.15, 0.2) is 21.5 Å². The monoisotopic (exact) mass is 479 g/mol. The number of carboxylic acid groups (broad SMARTS) is 1. The number of hydrogen-bond donors (Lipinski definition) is 4. The molecule has 0 bridgehead atoms. The number of alkyl halides is 1. The van der Waals surface area contributed by atoms with Gasteiger partial charge >= 0.3 is 16.5 Å². The van der Waals surface area contributed by atoms with E-state index in [2.05, 4.69) is 36.9 Å². The summed E-state index contributed by atoms with van der Waals surface area (Å²) in [4.78, 5) is 40.2. The first-order valence-electron chi connectivity index (χ1n) is 8.71. The van der Waals surface area contributed by atoms with Crippen molar-refractivity contribution >= 4 is 57.2 Å². The summed E-state index contributed by atoms with van der Waals surface area (Å²) in [6.07, 6.45) is 3.05. The fourth-order valence-electron chi connectivity index (χ4n) is 2.23. The van der Waals surface area contributed by atoms with Crippen LogP contribution in [0.3, 0.4) is 0 Å². The number of halogens is 1. The van der Waals surface area contributed by atoms with Crippen molar-refractivity contribution in [2.24, 2.45) is 9.36 Å². The molecule has 0 saturated carbocycles. The lowest BCUT2D eigenvalue weighted by atomic mass is 10.2. The van der Waals surface area contributed by atoms with Crippen LogP contribution in [0.5, 0.6) is 0 Å². The molecule has 2 heterocycles. The molecule has 1 aliphatic rings. The van der Waals surface area contributed by atoms with Gasteiger partial charge in [-0.3, -0.25) is 19.9 Å². The Morgan fingerprint density at radius 3 is 2.70 bits per heavy atom. The van der Waals surface area contributed by atoms with E-state index in [1.807, 2.05) is 0 Å². The van der Waals surface area contributed by atoms with Gasteiger partial charge in [-0.2, -0.15) is 12.8 Å². The molecule has 0 fully saturated rings. The topological polar surface area (TPSA) is 166 Å². The van der Waals surface area contributed by atoms with Crippen LogP contribution in [0.2, 0.25) is 0 Å². The lowest BCUT2D eigenvalue weighted by molar-refractivity contribution is -0.138. The number of amides is 2. The Morgan fingerprint density at radius 1 is 1.37 bits per heavy atom. The largest absolute Gasteiger partial charge is 0.480 e. The fourth-order valence-corrected chi connectivity index (χ4v) is 3.53. The van der Waals surface area contributed by atoms with Gasteiger partial charge in [-0.1, -0.05) is 0 Å². The highest BCUT2D eigenvalue weighted by molar-refractivity contribution is 7.61. The number of aliphatic imine (C=N–C) groups is 1. The molecule has 0 aliphatic carbocycles. The van der Waals surface area contributed by atoms with Gasteiger partial charge in [0.05, 0.1) is 11.4 Å². The zero-order chi connectivity index (χ0) is 22.5. The maximum absolute atomic E-state index is 12.1. The average Bonchev–Trinajstić information content (AvgIpc) is 3.20. The molecule has 2 rings (SSSR count). The number of carbonyl (C=O) groups excluding carboxylic acids is 2. The number of nitrogens with one attached hydrogen (secondary N) is 3. The second-order valence-corrected chi connectivity index (χ2v) is 7.52. The van der Waals surface area contributed by atoms with E-state index < -0.39 is 35.0 Å². The van der Waals surface area contributed by atoms with Crippen LogP contribution in [0.1, 0.15) is 27.4 Å². The van der Waals surface area contributed by atoms with Gasteiger partial charge in [-0.05, 0) is 25.0 Å². The summed E-state index contributed by atoms with van der Waals surface area (Å²) in [5.74, 6) is -1.72. The third-order valence-electron chi connectivity index (χ3n) is 3.59. The Morgan fingerprint density at radius 2 is 2.10 bits per heavy atom. The Bertz CT molecular complexity index is 907. The molecule has 4 N–H and O–H groups in total. The Labute approximate surface area is 183 Å². The van der Waals surface area contributed by atoms with E-state index in [1.54, 1.807) is 12.1 Å². The molecule has 14 heteroatoms. The van der Waals surface area contributed by atoms with Crippen LogP contribution < -0.4 is 16.0 Å². The molecule has 0 spiro atoms. The van der Waals surface area contributed by atoms with Crippen LogP contribution in [0.25, 0.3) is 0 Å². The molecule has 0 aromatic carbocycles. The van der Waals surface area contributed by atoms with Crippen molar-refractivity contribution < 1.29 is 27.9 Å². The van der Waals surface area contributed by atoms with Crippen molar-refractivity contribution in [3.8, 4) is 0 Å². The second kappa shape index (κ2) is 13.7. The molecule has 166 valence electrons. The summed E-state index contributed by atoms with van der Waals surface area (Å²) < 4.78 is 24.0. The van der Waals surface area contributed by atoms with Gasteiger partial charge in [0.25, 0.3) is 5.91 Å². The minimum Gasteiger partial charge on any atom is -0.480 e. The molecule has 1 atom stereocenters. The zero-order valence-electron chi connectivity index (χ0n) is 16.1. The summed E-state index contributed by atoms with van der Waals surface area (Å²) in [5, 5.41) is 16.9. The van der Waals surface area contributed by atoms with Crippen LogP contribution in [0, 0.1) is 0 Å². The average molecular weight is 480 g/mol. The van der Waals surface area contributed by atoms with Crippen molar-refractivity contribution in [1.82, 2.24) is 16.0 Å². The first-order chi connectivity index (χ1) is 14.3. The Balaban J connectivity index is 0.00000218. The number of aryl methyl sites for hydroxylation is 1. The number of carbonyl (C=O) groups is 3. The Hall–Kier alpha value is -2.51. The summed E-state index contributed by atoms with van der Waals surface area (Å²) in [7, 11) is -2.89. The quantitative estimate of drug-likeness (QED) is 0.387. The summed E-state index contributed by atoms with van der Waals surface area (Å²) in [6, 6.07) is 1.68. The van der Waals surface area contributed by atoms with Crippen molar-refractivity contribution in [2.75, 3.05) is 26.0 Å². The predicted molar refractivity (Wildman–Crippen MR) is 113 cm³/mol. The highest BCUT2D eigenvalue weighted by atomic mass is 35.5. The Kier molecular flexibility index (Phi) is 11.6. The van der Waals surface area contributed by atoms with E-state index in [0.717, 1.165) is 17.8 Å². The highest BCUT2D eigenvalue weighted by Crippen LogP contribution is 2.18. The second-order valence-electron chi connectivity index (χ2n) is 5.71. The van der Waals surface area contributed by atoms with Crippen molar-refractivity contribution in [3.63, 3.8) is 0 Å². The summed E-state index contributed by atoms with van der Waals surface area (Å²) in [5.41, 5.74) is 0. The first kappa shape index (κ1) is 25.5. The molecule has 0 saturated heterocycles. The zero-order valence-corrected chi connectivity index (χ0v) is 18.4. The molecule has 0 radical (unpaired) electrons. The third kappa shape index (κ3) is 9.33. The third-order valence-corrected chi connectivity index (χ3v) is 5.16. The number of nitrogens with zero attached hydrogens (tertiary/aromatic N) is 2. The van der Waals surface area contributed by atoms with Crippen LogP contribution in [-0.2, 0) is 26.5 Å². The molecule has 1 aromatic rings. The molecular formula is C16H22ClN5O6S2. The number of aliphatic carboxylic acids is 1.